The van der Waals surface area contributed by atoms with Gasteiger partial charge in [0, 0.05) is 17.8 Å². The van der Waals surface area contributed by atoms with E-state index < -0.39 is 0 Å². The van der Waals surface area contributed by atoms with Crippen molar-refractivity contribution >= 4 is 17.1 Å². The normalized spacial score (nSPS) is 12.8. The van der Waals surface area contributed by atoms with E-state index >= 15 is 0 Å². The summed E-state index contributed by atoms with van der Waals surface area (Å²) in [7, 11) is 0. The molecule has 0 saturated carbocycles. The molecule has 1 heterocycles. The topological polar surface area (TPSA) is 56.0 Å². The highest BCUT2D eigenvalue weighted by atomic mass is 32.1. The van der Waals surface area contributed by atoms with Crippen LogP contribution in [0.1, 0.15) is 35.8 Å². The van der Waals surface area contributed by atoms with E-state index in [1.54, 1.807) is 5.38 Å². The molecule has 0 aromatic carbocycles. The average Bonchev–Trinajstić information content (AvgIpc) is 2.63. The minimum Gasteiger partial charge on any atom is -0.325 e. The molecule has 0 aliphatic rings. The maximum absolute atomic E-state index is 11.6. The molecule has 0 spiro atoms. The summed E-state index contributed by atoms with van der Waals surface area (Å²) in [4.78, 5) is 15.7. The summed E-state index contributed by atoms with van der Waals surface area (Å²) in [5.41, 5.74) is 5.98. The number of aromatic nitrogens is 1. The first kappa shape index (κ1) is 10.3. The summed E-state index contributed by atoms with van der Waals surface area (Å²) in [5, 5.41) is 2.61. The van der Waals surface area contributed by atoms with Crippen LogP contribution in [0, 0.1) is 5.92 Å². The number of carbonyl (C=O) groups excluding carboxylic acids is 1. The minimum atomic E-state index is 0.0627. The third-order valence-corrected chi connectivity index (χ3v) is 2.91. The van der Waals surface area contributed by atoms with E-state index in [9.17, 15) is 4.79 Å². The lowest BCUT2D eigenvalue weighted by molar-refractivity contribution is 0.0922. The molecule has 0 aliphatic carbocycles. The monoisotopic (exact) mass is 198 g/mol. The standard InChI is InChI=1S/C9H14N2OS/c1-3-6(2)9(12)7-5-13-8(4-10)11-7/h5-6H,3-4,10H2,1-2H3. The van der Waals surface area contributed by atoms with Crippen LogP contribution in [0.4, 0.5) is 0 Å². The van der Waals surface area contributed by atoms with Crippen LogP contribution in [-0.4, -0.2) is 10.8 Å². The lowest BCUT2D eigenvalue weighted by atomic mass is 10.0. The van der Waals surface area contributed by atoms with Gasteiger partial charge >= 0.3 is 0 Å². The van der Waals surface area contributed by atoms with Gasteiger partial charge in [-0.25, -0.2) is 4.98 Å². The van der Waals surface area contributed by atoms with Gasteiger partial charge in [0.25, 0.3) is 0 Å². The van der Waals surface area contributed by atoms with Crippen molar-refractivity contribution in [2.45, 2.75) is 26.8 Å². The summed E-state index contributed by atoms with van der Waals surface area (Å²) < 4.78 is 0. The Morgan fingerprint density at radius 1 is 1.77 bits per heavy atom. The molecule has 1 aromatic rings. The fourth-order valence-electron chi connectivity index (χ4n) is 0.956. The first-order chi connectivity index (χ1) is 6.19. The maximum atomic E-state index is 11.6. The molecule has 3 nitrogen and oxygen atoms in total. The van der Waals surface area contributed by atoms with Crippen molar-refractivity contribution < 1.29 is 4.79 Å². The summed E-state index contributed by atoms with van der Waals surface area (Å²) in [6.45, 7) is 4.33. The predicted molar refractivity (Wildman–Crippen MR) is 53.8 cm³/mol. The molecule has 0 amide bonds. The van der Waals surface area contributed by atoms with Gasteiger partial charge in [-0.1, -0.05) is 13.8 Å². The fourth-order valence-corrected chi connectivity index (χ4v) is 1.62. The van der Waals surface area contributed by atoms with E-state index in [0.29, 0.717) is 12.2 Å². The molecule has 1 aromatic heterocycles. The lowest BCUT2D eigenvalue weighted by Gasteiger charge is -2.03. The smallest absolute Gasteiger partial charge is 0.184 e. The number of thiazole rings is 1. The zero-order valence-corrected chi connectivity index (χ0v) is 8.73. The molecule has 1 rings (SSSR count). The van der Waals surface area contributed by atoms with Crippen LogP contribution in [0.2, 0.25) is 0 Å². The molecular formula is C9H14N2OS. The summed E-state index contributed by atoms with van der Waals surface area (Å²) in [6, 6.07) is 0. The Balaban J connectivity index is 2.77. The number of nitrogens with zero attached hydrogens (tertiary/aromatic N) is 1. The van der Waals surface area contributed by atoms with Gasteiger partial charge in [-0.2, -0.15) is 0 Å². The summed E-state index contributed by atoms with van der Waals surface area (Å²) in [6.07, 6.45) is 0.855. The van der Waals surface area contributed by atoms with Crippen molar-refractivity contribution in [1.82, 2.24) is 4.98 Å². The Hall–Kier alpha value is -0.740. The average molecular weight is 198 g/mol. The van der Waals surface area contributed by atoms with E-state index in [1.807, 2.05) is 13.8 Å². The lowest BCUT2D eigenvalue weighted by Crippen LogP contribution is -2.10. The fraction of sp³-hybridized carbons (Fsp3) is 0.556. The van der Waals surface area contributed by atoms with E-state index in [1.165, 1.54) is 11.3 Å². The van der Waals surface area contributed by atoms with E-state index in [0.717, 1.165) is 11.4 Å². The van der Waals surface area contributed by atoms with E-state index in [2.05, 4.69) is 4.98 Å². The number of Topliss-reactive ketones (excluding diaryl/α,β-unsaturated/α-hetero) is 1. The molecule has 0 aliphatic heterocycles. The Bertz CT molecular complexity index is 296. The van der Waals surface area contributed by atoms with E-state index in [4.69, 9.17) is 5.73 Å². The number of ketones is 1. The summed E-state index contributed by atoms with van der Waals surface area (Å²) in [5.74, 6) is 0.186. The van der Waals surface area contributed by atoms with Crippen LogP contribution in [0.15, 0.2) is 5.38 Å². The van der Waals surface area contributed by atoms with Crippen LogP contribution in [0.3, 0.4) is 0 Å². The van der Waals surface area contributed by atoms with Crippen LogP contribution < -0.4 is 5.73 Å². The van der Waals surface area contributed by atoms with Crippen molar-refractivity contribution in [2.24, 2.45) is 11.7 Å². The third-order valence-electron chi connectivity index (χ3n) is 2.04. The third kappa shape index (κ3) is 2.35. The van der Waals surface area contributed by atoms with Crippen LogP contribution in [0.5, 0.6) is 0 Å². The molecule has 1 unspecified atom stereocenters. The minimum absolute atomic E-state index is 0.0627. The quantitative estimate of drug-likeness (QED) is 0.751. The van der Waals surface area contributed by atoms with Gasteiger partial charge in [-0.3, -0.25) is 4.79 Å². The molecule has 0 radical (unpaired) electrons. The second-order valence-electron chi connectivity index (χ2n) is 3.00. The van der Waals surface area contributed by atoms with Gasteiger partial charge in [-0.05, 0) is 6.42 Å². The molecule has 72 valence electrons. The number of nitrogens with two attached hydrogens (primary N) is 1. The highest BCUT2D eigenvalue weighted by molar-refractivity contribution is 7.09. The zero-order valence-electron chi connectivity index (χ0n) is 7.91. The number of hydrogen-bond donors (Lipinski definition) is 1. The van der Waals surface area contributed by atoms with Crippen LogP contribution in [0.25, 0.3) is 0 Å². The van der Waals surface area contributed by atoms with Gasteiger partial charge in [0.15, 0.2) is 5.78 Å². The van der Waals surface area contributed by atoms with Crippen molar-refractivity contribution in [3.8, 4) is 0 Å². The molecule has 13 heavy (non-hydrogen) atoms. The molecule has 0 fully saturated rings. The van der Waals surface area contributed by atoms with Crippen LogP contribution in [-0.2, 0) is 6.54 Å². The van der Waals surface area contributed by atoms with Crippen molar-refractivity contribution in [3.63, 3.8) is 0 Å². The van der Waals surface area contributed by atoms with Gasteiger partial charge in [0.2, 0.25) is 0 Å². The molecule has 4 heteroatoms. The Labute approximate surface area is 82.0 Å². The first-order valence-electron chi connectivity index (χ1n) is 4.37. The Morgan fingerprint density at radius 2 is 2.46 bits per heavy atom. The SMILES string of the molecule is CCC(C)C(=O)c1csc(CN)n1. The second-order valence-corrected chi connectivity index (χ2v) is 3.95. The largest absolute Gasteiger partial charge is 0.325 e. The van der Waals surface area contributed by atoms with Gasteiger partial charge in [-0.15, -0.1) is 11.3 Å². The molecular weight excluding hydrogens is 184 g/mol. The van der Waals surface area contributed by atoms with Gasteiger partial charge in [0.05, 0.1) is 0 Å². The Morgan fingerprint density at radius 3 is 2.92 bits per heavy atom. The summed E-state index contributed by atoms with van der Waals surface area (Å²) >= 11 is 1.45. The Kier molecular flexibility index (Phi) is 3.57. The first-order valence-corrected chi connectivity index (χ1v) is 5.25. The van der Waals surface area contributed by atoms with Crippen LogP contribution >= 0.6 is 11.3 Å². The number of hydrogen-bond acceptors (Lipinski definition) is 4. The van der Waals surface area contributed by atoms with E-state index in [-0.39, 0.29) is 11.7 Å². The highest BCUT2D eigenvalue weighted by Gasteiger charge is 2.15. The second kappa shape index (κ2) is 4.48. The van der Waals surface area contributed by atoms with Crippen molar-refractivity contribution in [2.75, 3.05) is 0 Å². The molecule has 1 atom stereocenters. The molecule has 2 N–H and O–H groups in total. The highest BCUT2D eigenvalue weighted by Crippen LogP contribution is 2.14. The van der Waals surface area contributed by atoms with Gasteiger partial charge in [0.1, 0.15) is 10.7 Å². The van der Waals surface area contributed by atoms with Gasteiger partial charge < -0.3 is 5.73 Å². The molecule has 0 saturated heterocycles. The number of rotatable bonds is 4. The van der Waals surface area contributed by atoms with Crippen molar-refractivity contribution in [1.29, 1.82) is 0 Å². The zero-order chi connectivity index (χ0) is 9.84. The maximum Gasteiger partial charge on any atom is 0.184 e. The predicted octanol–water partition coefficient (Wildman–Crippen LogP) is 1.83. The molecule has 0 bridgehead atoms. The van der Waals surface area contributed by atoms with Crippen molar-refractivity contribution in [3.05, 3.63) is 16.1 Å². The number of carbonyl (C=O) groups is 1.